The van der Waals surface area contributed by atoms with Crippen LogP contribution in [0.1, 0.15) is 19.8 Å². The molecule has 30 heavy (non-hydrogen) atoms. The third-order valence-corrected chi connectivity index (χ3v) is 5.05. The summed E-state index contributed by atoms with van der Waals surface area (Å²) in [6.07, 6.45) is 1.70. The normalized spacial score (nSPS) is 14.7. The van der Waals surface area contributed by atoms with Crippen LogP contribution < -0.4 is 19.6 Å². The number of non-ortho nitro benzene ring substituents is 1. The number of carbonyl (C=O) groups excluding carboxylic acids is 1. The van der Waals surface area contributed by atoms with Crippen molar-refractivity contribution in [2.75, 3.05) is 13.2 Å². The fourth-order valence-corrected chi connectivity index (χ4v) is 2.87. The van der Waals surface area contributed by atoms with Gasteiger partial charge in [-0.2, -0.15) is 5.43 Å². The number of rotatable bonds is 10. The topological polar surface area (TPSA) is 135 Å². The molecule has 11 heteroatoms. The Kier molecular flexibility index (Phi) is 6.94. The summed E-state index contributed by atoms with van der Waals surface area (Å²) in [4.78, 5) is 37.3. The summed E-state index contributed by atoms with van der Waals surface area (Å²) in [5, 5.41) is 10.7. The predicted molar refractivity (Wildman–Crippen MR) is 106 cm³/mol. The second-order valence-electron chi connectivity index (χ2n) is 6.86. The first-order chi connectivity index (χ1) is 14.4. The van der Waals surface area contributed by atoms with Gasteiger partial charge in [-0.05, 0) is 56.2 Å². The Bertz CT molecular complexity index is 928. The summed E-state index contributed by atoms with van der Waals surface area (Å²) in [5.74, 6) is 1.02. The lowest BCUT2D eigenvalue weighted by atomic mass is 10.1. The largest absolute Gasteiger partial charge is 0.574 e. The molecule has 0 aromatic heterocycles. The molecule has 158 valence electrons. The molecule has 1 fully saturated rings. The van der Waals surface area contributed by atoms with E-state index in [1.165, 1.54) is 24.3 Å². The smallest absolute Gasteiger partial charge is 0.412 e. The molecule has 3 rings (SSSR count). The fourth-order valence-electron chi connectivity index (χ4n) is 2.31. The van der Waals surface area contributed by atoms with Gasteiger partial charge in [0.25, 0.3) is 5.69 Å². The summed E-state index contributed by atoms with van der Waals surface area (Å²) in [5.41, 5.74) is 2.20. The molecular formula is C19H20N3O7P. The van der Waals surface area contributed by atoms with Crippen molar-refractivity contribution < 1.29 is 28.6 Å². The molecule has 1 aliphatic rings. The Labute approximate surface area is 173 Å². The second kappa shape index (κ2) is 9.62. The lowest BCUT2D eigenvalue weighted by Gasteiger charge is -2.07. The van der Waals surface area contributed by atoms with Crippen LogP contribution in [0.15, 0.2) is 53.4 Å². The number of nitro groups is 1. The average Bonchev–Trinajstić information content (AvgIpc) is 3.48. The van der Waals surface area contributed by atoms with Gasteiger partial charge < -0.3 is 14.4 Å². The quantitative estimate of drug-likeness (QED) is 0.198. The van der Waals surface area contributed by atoms with Gasteiger partial charge in [-0.25, -0.2) is 0 Å². The van der Waals surface area contributed by atoms with Crippen LogP contribution in [0.25, 0.3) is 0 Å². The lowest BCUT2D eigenvalue weighted by molar-refractivity contribution is -0.384. The van der Waals surface area contributed by atoms with Crippen LogP contribution in [0.2, 0.25) is 0 Å². The molecule has 1 saturated carbocycles. The van der Waals surface area contributed by atoms with Crippen LogP contribution in [-0.2, 0) is 9.53 Å². The molecule has 0 radical (unpaired) electrons. The number of benzene rings is 2. The number of ether oxygens (including phenoxy) is 2. The van der Waals surface area contributed by atoms with E-state index in [1.807, 2.05) is 6.92 Å². The number of hydrogen-bond acceptors (Lipinski definition) is 8. The van der Waals surface area contributed by atoms with Gasteiger partial charge >= 0.3 is 14.1 Å². The van der Waals surface area contributed by atoms with Gasteiger partial charge in [0.2, 0.25) is 0 Å². The first-order valence-corrected chi connectivity index (χ1v) is 10.3. The van der Waals surface area contributed by atoms with Crippen molar-refractivity contribution in [3.63, 3.8) is 0 Å². The summed E-state index contributed by atoms with van der Waals surface area (Å²) < 4.78 is 15.9. The number of esters is 1. The van der Waals surface area contributed by atoms with Crippen LogP contribution in [0.5, 0.6) is 17.2 Å². The van der Waals surface area contributed by atoms with Gasteiger partial charge in [-0.3, -0.25) is 19.4 Å². The highest BCUT2D eigenvalue weighted by Crippen LogP contribution is 2.45. The monoisotopic (exact) mass is 433 g/mol. The van der Waals surface area contributed by atoms with Gasteiger partial charge in [0.05, 0.1) is 16.9 Å². The van der Waals surface area contributed by atoms with Crippen molar-refractivity contribution in [2.45, 2.75) is 19.8 Å². The van der Waals surface area contributed by atoms with E-state index in [1.54, 1.807) is 24.3 Å². The highest BCUT2D eigenvalue weighted by molar-refractivity contribution is 7.33. The molecule has 0 amide bonds. The van der Waals surface area contributed by atoms with E-state index < -0.39 is 13.1 Å². The van der Waals surface area contributed by atoms with E-state index in [9.17, 15) is 19.8 Å². The van der Waals surface area contributed by atoms with Gasteiger partial charge in [-0.1, -0.05) is 0 Å². The van der Waals surface area contributed by atoms with Crippen molar-refractivity contribution in [3.05, 3.63) is 58.6 Å². The summed E-state index contributed by atoms with van der Waals surface area (Å²) in [7, 11) is -2.35. The second-order valence-corrected chi connectivity index (χ2v) is 7.72. The Balaban J connectivity index is 1.41. The molecule has 0 saturated heterocycles. The molecule has 0 aliphatic heterocycles. The number of carbonyl (C=O) groups is 1. The summed E-state index contributed by atoms with van der Waals surface area (Å²) in [6, 6.07) is 12.0. The van der Waals surface area contributed by atoms with E-state index in [0.717, 1.165) is 12.8 Å². The van der Waals surface area contributed by atoms with Crippen LogP contribution in [0.4, 0.5) is 5.69 Å². The van der Waals surface area contributed by atoms with E-state index in [4.69, 9.17) is 14.0 Å². The molecule has 1 N–H and O–H groups in total. The molecule has 0 bridgehead atoms. The molecule has 0 spiro atoms. The van der Waals surface area contributed by atoms with Gasteiger partial charge in [0.1, 0.15) is 18.1 Å². The molecule has 10 nitrogen and oxygen atoms in total. The van der Waals surface area contributed by atoms with E-state index >= 15 is 0 Å². The average molecular weight is 433 g/mol. The maximum Gasteiger partial charge on any atom is 0.412 e. The van der Waals surface area contributed by atoms with Crippen molar-refractivity contribution in [1.82, 2.24) is 5.43 Å². The Morgan fingerprint density at radius 3 is 2.27 bits per heavy atom. The highest BCUT2D eigenvalue weighted by Gasteiger charge is 2.46. The van der Waals surface area contributed by atoms with Crippen LogP contribution in [-0.4, -0.2) is 24.0 Å². The number of nitro benzene ring substituents is 1. The molecule has 2 aromatic carbocycles. The SMILES string of the molecule is CC1(C(=O)OCCN/N=[P+](\[O-])Oc2ccc(Oc3ccc([N+](=O)[O-])cc3)cc2)CC1. The van der Waals surface area contributed by atoms with Crippen molar-refractivity contribution >= 4 is 19.8 Å². The predicted octanol–water partition coefficient (Wildman–Crippen LogP) is 3.47. The minimum atomic E-state index is -2.35. The maximum atomic E-state index is 11.8. The lowest BCUT2D eigenvalue weighted by Crippen LogP contribution is -2.21. The molecule has 1 atom stereocenters. The zero-order chi connectivity index (χ0) is 21.6. The minimum absolute atomic E-state index is 0.0254. The van der Waals surface area contributed by atoms with E-state index in [2.05, 4.69) is 10.3 Å². The minimum Gasteiger partial charge on any atom is -0.574 e. The number of hydrogen-bond donors (Lipinski definition) is 1. The number of nitrogens with one attached hydrogen (secondary N) is 1. The fraction of sp³-hybridized carbons (Fsp3) is 0.316. The third-order valence-electron chi connectivity index (χ3n) is 4.38. The molecule has 1 aliphatic carbocycles. The van der Waals surface area contributed by atoms with Crippen LogP contribution >= 0.6 is 8.17 Å². The molecule has 2 aromatic rings. The summed E-state index contributed by atoms with van der Waals surface area (Å²) in [6.45, 7) is 2.23. The molecule has 0 heterocycles. The summed E-state index contributed by atoms with van der Waals surface area (Å²) >= 11 is 0. The molecule has 1 unspecified atom stereocenters. The van der Waals surface area contributed by atoms with E-state index in [0.29, 0.717) is 17.2 Å². The molecular weight excluding hydrogens is 413 g/mol. The third kappa shape index (κ3) is 6.21. The maximum absolute atomic E-state index is 11.8. The van der Waals surface area contributed by atoms with Crippen molar-refractivity contribution in [2.24, 2.45) is 10.3 Å². The standard InChI is InChI=1S/C19H20N3O7P/c1-19(10-11-19)18(23)27-13-12-20-21-30(26)29-17-8-6-16(7-9-17)28-15-4-2-14(3-5-15)22(24)25/h2-9,20H,10-13H2,1H3. The first-order valence-electron chi connectivity index (χ1n) is 9.14. The zero-order valence-corrected chi connectivity index (χ0v) is 17.0. The Morgan fingerprint density at radius 1 is 1.13 bits per heavy atom. The first kappa shape index (κ1) is 21.6. The van der Waals surface area contributed by atoms with Crippen LogP contribution in [0.3, 0.4) is 0 Å². The zero-order valence-electron chi connectivity index (χ0n) is 16.1. The number of nitrogens with zero attached hydrogens (tertiary/aromatic N) is 2. The van der Waals surface area contributed by atoms with Crippen molar-refractivity contribution in [3.8, 4) is 17.2 Å². The van der Waals surface area contributed by atoms with Crippen molar-refractivity contribution in [1.29, 1.82) is 0 Å². The van der Waals surface area contributed by atoms with E-state index in [-0.39, 0.29) is 30.2 Å². The Morgan fingerprint density at radius 2 is 1.70 bits per heavy atom. The van der Waals surface area contributed by atoms with Crippen LogP contribution in [0, 0.1) is 15.5 Å². The van der Waals surface area contributed by atoms with Gasteiger partial charge in [0.15, 0.2) is 5.75 Å². The van der Waals surface area contributed by atoms with Gasteiger partial charge in [-0.15, -0.1) is 0 Å². The van der Waals surface area contributed by atoms with Gasteiger partial charge in [0, 0.05) is 17.0 Å². The highest BCUT2D eigenvalue weighted by atomic mass is 31.1. The Hall–Kier alpha value is -3.07.